The van der Waals surface area contributed by atoms with E-state index in [0.29, 0.717) is 6.42 Å². The van der Waals surface area contributed by atoms with Gasteiger partial charge >= 0.3 is 0 Å². The Morgan fingerprint density at radius 2 is 2.30 bits per heavy atom. The third-order valence-electron chi connectivity index (χ3n) is 1.33. The molecule has 0 aromatic heterocycles. The summed E-state index contributed by atoms with van der Waals surface area (Å²) in [6, 6.07) is 0. The van der Waals surface area contributed by atoms with E-state index in [2.05, 4.69) is 5.92 Å². The lowest BCUT2D eigenvalue weighted by Gasteiger charge is -2.19. The minimum atomic E-state index is -0.655. The average Bonchev–Trinajstić information content (AvgIpc) is 1.84. The monoisotopic (exact) mass is 158 g/mol. The Kier molecular flexibility index (Phi) is 4.59. The number of terminal acetylenes is 1. The summed E-state index contributed by atoms with van der Waals surface area (Å²) >= 11 is 1.73. The first-order chi connectivity index (χ1) is 4.62. The number of hydrogen-bond donors (Lipinski definition) is 1. The van der Waals surface area contributed by atoms with Crippen molar-refractivity contribution >= 4 is 11.8 Å². The van der Waals surface area contributed by atoms with Gasteiger partial charge in [0.2, 0.25) is 0 Å². The van der Waals surface area contributed by atoms with Gasteiger partial charge in [0, 0.05) is 6.42 Å². The lowest BCUT2D eigenvalue weighted by molar-refractivity contribution is 0.0628. The van der Waals surface area contributed by atoms with E-state index in [0.717, 1.165) is 12.2 Å². The van der Waals surface area contributed by atoms with Crippen LogP contribution in [0.3, 0.4) is 0 Å². The van der Waals surface area contributed by atoms with Crippen LogP contribution in [0.4, 0.5) is 0 Å². The summed E-state index contributed by atoms with van der Waals surface area (Å²) in [5.41, 5.74) is -0.655. The van der Waals surface area contributed by atoms with Crippen LogP contribution in [0, 0.1) is 12.3 Å². The summed E-state index contributed by atoms with van der Waals surface area (Å²) in [5, 5.41) is 9.49. The Labute approximate surface area is 67.2 Å². The van der Waals surface area contributed by atoms with Crippen molar-refractivity contribution in [3.8, 4) is 12.3 Å². The van der Waals surface area contributed by atoms with Crippen LogP contribution in [0.1, 0.15) is 19.8 Å². The standard InChI is InChI=1S/C8H14OS/c1-4-5-8(2,9)6-7-10-3/h1,9H,5-7H2,2-3H3. The molecule has 0 amide bonds. The van der Waals surface area contributed by atoms with Crippen LogP contribution in [-0.2, 0) is 0 Å². The summed E-state index contributed by atoms with van der Waals surface area (Å²) < 4.78 is 0. The molecular weight excluding hydrogens is 144 g/mol. The van der Waals surface area contributed by atoms with Gasteiger partial charge in [-0.3, -0.25) is 0 Å². The molecule has 0 spiro atoms. The normalized spacial score (nSPS) is 15.8. The summed E-state index contributed by atoms with van der Waals surface area (Å²) in [7, 11) is 0. The Morgan fingerprint density at radius 3 is 2.70 bits per heavy atom. The Bertz CT molecular complexity index is 124. The third-order valence-corrected chi connectivity index (χ3v) is 1.94. The molecule has 2 heteroatoms. The zero-order valence-electron chi connectivity index (χ0n) is 6.55. The quantitative estimate of drug-likeness (QED) is 0.626. The van der Waals surface area contributed by atoms with E-state index in [-0.39, 0.29) is 0 Å². The van der Waals surface area contributed by atoms with Gasteiger partial charge in [-0.2, -0.15) is 11.8 Å². The van der Waals surface area contributed by atoms with Gasteiger partial charge in [0.15, 0.2) is 0 Å². The smallest absolute Gasteiger partial charge is 0.0736 e. The molecule has 0 aliphatic rings. The van der Waals surface area contributed by atoms with Crippen LogP contribution in [0.25, 0.3) is 0 Å². The molecular formula is C8H14OS. The predicted molar refractivity (Wildman–Crippen MR) is 47.1 cm³/mol. The fourth-order valence-corrected chi connectivity index (χ4v) is 1.27. The predicted octanol–water partition coefficient (Wildman–Crippen LogP) is 1.51. The second-order valence-corrected chi connectivity index (χ2v) is 3.61. The molecule has 10 heavy (non-hydrogen) atoms. The SMILES string of the molecule is C#CCC(C)(O)CCSC. The first kappa shape index (κ1) is 9.87. The zero-order valence-corrected chi connectivity index (χ0v) is 7.37. The molecule has 0 saturated carbocycles. The van der Waals surface area contributed by atoms with Crippen molar-refractivity contribution in [3.05, 3.63) is 0 Å². The lowest BCUT2D eigenvalue weighted by atomic mass is 10.0. The second kappa shape index (κ2) is 4.65. The lowest BCUT2D eigenvalue weighted by Crippen LogP contribution is -2.23. The van der Waals surface area contributed by atoms with E-state index in [1.54, 1.807) is 18.7 Å². The van der Waals surface area contributed by atoms with Gasteiger partial charge in [0.05, 0.1) is 5.60 Å². The van der Waals surface area contributed by atoms with Crippen molar-refractivity contribution < 1.29 is 5.11 Å². The van der Waals surface area contributed by atoms with Crippen molar-refractivity contribution in [3.63, 3.8) is 0 Å². The molecule has 0 rings (SSSR count). The van der Waals surface area contributed by atoms with Crippen molar-refractivity contribution in [1.29, 1.82) is 0 Å². The van der Waals surface area contributed by atoms with Crippen LogP contribution in [0.15, 0.2) is 0 Å². The molecule has 0 aromatic carbocycles. The summed E-state index contributed by atoms with van der Waals surface area (Å²) in [5.74, 6) is 3.42. The molecule has 58 valence electrons. The number of rotatable bonds is 4. The fraction of sp³-hybridized carbons (Fsp3) is 0.750. The van der Waals surface area contributed by atoms with Crippen LogP contribution >= 0.6 is 11.8 Å². The van der Waals surface area contributed by atoms with Gasteiger partial charge in [0.1, 0.15) is 0 Å². The number of hydrogen-bond acceptors (Lipinski definition) is 2. The molecule has 0 aliphatic heterocycles. The first-order valence-corrected chi connectivity index (χ1v) is 4.66. The topological polar surface area (TPSA) is 20.2 Å². The Hall–Kier alpha value is -0.130. The minimum Gasteiger partial charge on any atom is -0.389 e. The average molecular weight is 158 g/mol. The Morgan fingerprint density at radius 1 is 1.70 bits per heavy atom. The zero-order chi connectivity index (χ0) is 8.04. The molecule has 0 heterocycles. The van der Waals surface area contributed by atoms with E-state index in [1.165, 1.54) is 0 Å². The van der Waals surface area contributed by atoms with E-state index in [4.69, 9.17) is 6.42 Å². The van der Waals surface area contributed by atoms with Gasteiger partial charge in [-0.15, -0.1) is 12.3 Å². The molecule has 0 saturated heterocycles. The summed E-state index contributed by atoms with van der Waals surface area (Å²) in [6.45, 7) is 1.78. The van der Waals surface area contributed by atoms with Crippen LogP contribution < -0.4 is 0 Å². The molecule has 1 nitrogen and oxygen atoms in total. The molecule has 0 aromatic rings. The van der Waals surface area contributed by atoms with Crippen LogP contribution in [0.2, 0.25) is 0 Å². The van der Waals surface area contributed by atoms with E-state index in [1.807, 2.05) is 6.26 Å². The first-order valence-electron chi connectivity index (χ1n) is 3.27. The van der Waals surface area contributed by atoms with Gasteiger partial charge in [-0.1, -0.05) is 0 Å². The highest BCUT2D eigenvalue weighted by Gasteiger charge is 2.17. The molecule has 1 N–H and O–H groups in total. The van der Waals surface area contributed by atoms with Crippen molar-refractivity contribution in [2.75, 3.05) is 12.0 Å². The largest absolute Gasteiger partial charge is 0.389 e. The number of thioether (sulfide) groups is 1. The molecule has 0 radical (unpaired) electrons. The molecule has 1 unspecified atom stereocenters. The highest BCUT2D eigenvalue weighted by atomic mass is 32.2. The summed E-state index contributed by atoms with van der Waals surface area (Å²) in [6.07, 6.45) is 8.32. The van der Waals surface area contributed by atoms with Crippen molar-refractivity contribution in [2.45, 2.75) is 25.4 Å². The van der Waals surface area contributed by atoms with E-state index < -0.39 is 5.60 Å². The maximum absolute atomic E-state index is 9.49. The molecule has 0 fully saturated rings. The maximum Gasteiger partial charge on any atom is 0.0736 e. The minimum absolute atomic E-state index is 0.452. The van der Waals surface area contributed by atoms with Gasteiger partial charge in [-0.05, 0) is 25.4 Å². The molecule has 0 aliphatic carbocycles. The molecule has 0 bridgehead atoms. The van der Waals surface area contributed by atoms with Gasteiger partial charge in [-0.25, -0.2) is 0 Å². The van der Waals surface area contributed by atoms with Gasteiger partial charge < -0.3 is 5.11 Å². The fourth-order valence-electron chi connectivity index (χ4n) is 0.630. The van der Waals surface area contributed by atoms with Crippen LogP contribution in [0.5, 0.6) is 0 Å². The maximum atomic E-state index is 9.49. The number of aliphatic hydroxyl groups is 1. The Balaban J connectivity index is 3.55. The van der Waals surface area contributed by atoms with E-state index >= 15 is 0 Å². The van der Waals surface area contributed by atoms with Crippen molar-refractivity contribution in [1.82, 2.24) is 0 Å². The summed E-state index contributed by atoms with van der Waals surface area (Å²) in [4.78, 5) is 0. The van der Waals surface area contributed by atoms with Crippen LogP contribution in [-0.4, -0.2) is 22.7 Å². The van der Waals surface area contributed by atoms with Crippen molar-refractivity contribution in [2.24, 2.45) is 0 Å². The van der Waals surface area contributed by atoms with E-state index in [9.17, 15) is 5.11 Å². The third kappa shape index (κ3) is 4.72. The second-order valence-electron chi connectivity index (χ2n) is 2.62. The highest BCUT2D eigenvalue weighted by Crippen LogP contribution is 2.15. The highest BCUT2D eigenvalue weighted by molar-refractivity contribution is 7.98. The molecule has 1 atom stereocenters. The van der Waals surface area contributed by atoms with Gasteiger partial charge in [0.25, 0.3) is 0 Å².